The number of hydrogen-bond donors (Lipinski definition) is 0. The van der Waals surface area contributed by atoms with Crippen LogP contribution in [0.3, 0.4) is 0 Å². The van der Waals surface area contributed by atoms with Crippen LogP contribution in [-0.4, -0.2) is 17.4 Å². The maximum atomic E-state index is 12.0. The number of hydrogen-bond acceptors (Lipinski definition) is 3. The predicted molar refractivity (Wildman–Crippen MR) is 77.6 cm³/mol. The maximum Gasteiger partial charge on any atom is 0.186 e. The zero-order valence-corrected chi connectivity index (χ0v) is 12.9. The van der Waals surface area contributed by atoms with Gasteiger partial charge in [-0.1, -0.05) is 41.5 Å². The summed E-state index contributed by atoms with van der Waals surface area (Å²) in [7, 11) is 0. The molecule has 3 heteroatoms. The predicted octanol–water partition coefficient (Wildman–Crippen LogP) is 4.13. The van der Waals surface area contributed by atoms with Gasteiger partial charge < -0.3 is 4.74 Å². The van der Waals surface area contributed by atoms with Gasteiger partial charge >= 0.3 is 0 Å². The molecule has 3 nitrogen and oxygen atoms in total. The standard InChI is InChI=1S/C16H25NO2/c1-15(2,3)9-10-19-12-7-8-13(17-11-12)14(18)16(4,5)6/h7-8,11H,9-10H2,1-6H3. The van der Waals surface area contributed by atoms with E-state index < -0.39 is 5.41 Å². The van der Waals surface area contributed by atoms with Crippen LogP contribution in [0.2, 0.25) is 0 Å². The zero-order valence-electron chi connectivity index (χ0n) is 12.9. The summed E-state index contributed by atoms with van der Waals surface area (Å²) in [5.74, 6) is 0.767. The van der Waals surface area contributed by atoms with E-state index in [-0.39, 0.29) is 11.2 Å². The Kier molecular flexibility index (Phi) is 4.72. The van der Waals surface area contributed by atoms with E-state index in [1.54, 1.807) is 12.3 Å². The van der Waals surface area contributed by atoms with Gasteiger partial charge in [-0.05, 0) is 24.0 Å². The van der Waals surface area contributed by atoms with Crippen LogP contribution in [0.15, 0.2) is 18.3 Å². The highest BCUT2D eigenvalue weighted by Gasteiger charge is 2.23. The molecule has 0 atom stereocenters. The molecule has 0 N–H and O–H groups in total. The van der Waals surface area contributed by atoms with Crippen molar-refractivity contribution < 1.29 is 9.53 Å². The monoisotopic (exact) mass is 263 g/mol. The molecule has 0 saturated heterocycles. The molecule has 0 amide bonds. The number of carbonyl (C=O) groups excluding carboxylic acids is 1. The Labute approximate surface area is 116 Å². The van der Waals surface area contributed by atoms with Crippen LogP contribution in [-0.2, 0) is 0 Å². The molecule has 0 saturated carbocycles. The lowest BCUT2D eigenvalue weighted by Gasteiger charge is -2.18. The number of carbonyl (C=O) groups is 1. The number of nitrogens with zero attached hydrogens (tertiary/aromatic N) is 1. The fourth-order valence-corrected chi connectivity index (χ4v) is 1.46. The lowest BCUT2D eigenvalue weighted by Crippen LogP contribution is -2.21. The Morgan fingerprint density at radius 2 is 1.79 bits per heavy atom. The minimum Gasteiger partial charge on any atom is -0.492 e. The van der Waals surface area contributed by atoms with Crippen molar-refractivity contribution in [3.8, 4) is 5.75 Å². The third-order valence-electron chi connectivity index (χ3n) is 2.77. The second kappa shape index (κ2) is 5.72. The van der Waals surface area contributed by atoms with Gasteiger partial charge in [0.15, 0.2) is 5.78 Å². The summed E-state index contributed by atoms with van der Waals surface area (Å²) < 4.78 is 5.63. The van der Waals surface area contributed by atoms with Gasteiger partial charge in [-0.3, -0.25) is 4.79 Å². The molecule has 0 aromatic carbocycles. The zero-order chi connectivity index (χ0) is 14.7. The van der Waals surface area contributed by atoms with Crippen molar-refractivity contribution in [2.75, 3.05) is 6.61 Å². The second-order valence-electron chi connectivity index (χ2n) is 7.12. The second-order valence-corrected chi connectivity index (χ2v) is 7.12. The number of aromatic nitrogens is 1. The lowest BCUT2D eigenvalue weighted by molar-refractivity contribution is 0.0853. The molecule has 1 aromatic heterocycles. The molecule has 1 aromatic rings. The Balaban J connectivity index is 2.60. The molecule has 0 aliphatic rings. The van der Waals surface area contributed by atoms with Crippen LogP contribution in [0.25, 0.3) is 0 Å². The largest absolute Gasteiger partial charge is 0.492 e. The van der Waals surface area contributed by atoms with Gasteiger partial charge in [0.2, 0.25) is 0 Å². The Hall–Kier alpha value is -1.38. The number of pyridine rings is 1. The normalized spacial score (nSPS) is 12.3. The van der Waals surface area contributed by atoms with Crippen molar-refractivity contribution in [2.45, 2.75) is 48.0 Å². The minimum absolute atomic E-state index is 0.0498. The highest BCUT2D eigenvalue weighted by Crippen LogP contribution is 2.22. The van der Waals surface area contributed by atoms with Crippen LogP contribution in [0.5, 0.6) is 5.75 Å². The van der Waals surface area contributed by atoms with Gasteiger partial charge in [0.25, 0.3) is 0 Å². The SMILES string of the molecule is CC(C)(C)CCOc1ccc(C(=O)C(C)(C)C)nc1. The molecule has 0 aliphatic carbocycles. The molecule has 0 fully saturated rings. The van der Waals surface area contributed by atoms with Gasteiger partial charge in [-0.15, -0.1) is 0 Å². The average molecular weight is 263 g/mol. The highest BCUT2D eigenvalue weighted by atomic mass is 16.5. The number of ketones is 1. The Bertz CT molecular complexity index is 422. The molecule has 106 valence electrons. The van der Waals surface area contributed by atoms with Crippen LogP contribution in [0.4, 0.5) is 0 Å². The van der Waals surface area contributed by atoms with Crippen molar-refractivity contribution >= 4 is 5.78 Å². The number of rotatable bonds is 4. The van der Waals surface area contributed by atoms with Crippen molar-refractivity contribution in [1.82, 2.24) is 4.98 Å². The summed E-state index contributed by atoms with van der Waals surface area (Å²) in [5.41, 5.74) is 0.354. The third-order valence-corrected chi connectivity index (χ3v) is 2.77. The van der Waals surface area contributed by atoms with E-state index >= 15 is 0 Å². The van der Waals surface area contributed by atoms with Crippen LogP contribution in [0.1, 0.15) is 58.5 Å². The number of ether oxygens (including phenoxy) is 1. The van der Waals surface area contributed by atoms with Gasteiger partial charge in [-0.25, -0.2) is 4.98 Å². The molecular weight excluding hydrogens is 238 g/mol. The average Bonchev–Trinajstić information content (AvgIpc) is 2.26. The molecule has 0 unspecified atom stereocenters. The molecule has 0 spiro atoms. The quantitative estimate of drug-likeness (QED) is 0.767. The Morgan fingerprint density at radius 3 is 2.21 bits per heavy atom. The molecule has 19 heavy (non-hydrogen) atoms. The number of Topliss-reactive ketones (excluding diaryl/α,β-unsaturated/α-hetero) is 1. The van der Waals surface area contributed by atoms with Crippen molar-refractivity contribution in [3.05, 3.63) is 24.0 Å². The first-order valence-electron chi connectivity index (χ1n) is 6.73. The first-order valence-corrected chi connectivity index (χ1v) is 6.73. The van der Waals surface area contributed by atoms with Gasteiger partial charge in [0.05, 0.1) is 12.8 Å². The summed E-state index contributed by atoms with van der Waals surface area (Å²) in [6.45, 7) is 12.9. The van der Waals surface area contributed by atoms with Crippen molar-refractivity contribution in [3.63, 3.8) is 0 Å². The topological polar surface area (TPSA) is 39.2 Å². The minimum atomic E-state index is -0.401. The van der Waals surface area contributed by atoms with E-state index in [4.69, 9.17) is 4.74 Å². The van der Waals surface area contributed by atoms with Gasteiger partial charge in [0, 0.05) is 5.41 Å². The van der Waals surface area contributed by atoms with Gasteiger partial charge in [0.1, 0.15) is 11.4 Å². The smallest absolute Gasteiger partial charge is 0.186 e. The summed E-state index contributed by atoms with van der Waals surface area (Å²) >= 11 is 0. The van der Waals surface area contributed by atoms with E-state index in [0.717, 1.165) is 12.2 Å². The lowest BCUT2D eigenvalue weighted by atomic mass is 9.89. The molecule has 0 bridgehead atoms. The van der Waals surface area contributed by atoms with Crippen molar-refractivity contribution in [1.29, 1.82) is 0 Å². The van der Waals surface area contributed by atoms with Gasteiger partial charge in [-0.2, -0.15) is 0 Å². The van der Waals surface area contributed by atoms with E-state index in [2.05, 4.69) is 25.8 Å². The van der Waals surface area contributed by atoms with E-state index in [1.165, 1.54) is 0 Å². The summed E-state index contributed by atoms with van der Waals surface area (Å²) in [6.07, 6.45) is 2.61. The fraction of sp³-hybridized carbons (Fsp3) is 0.625. The molecular formula is C16H25NO2. The van der Waals surface area contributed by atoms with E-state index in [1.807, 2.05) is 26.8 Å². The van der Waals surface area contributed by atoms with Crippen LogP contribution < -0.4 is 4.74 Å². The first kappa shape index (κ1) is 15.7. The highest BCUT2D eigenvalue weighted by molar-refractivity contribution is 5.98. The summed E-state index contributed by atoms with van der Waals surface area (Å²) in [6, 6.07) is 3.55. The van der Waals surface area contributed by atoms with E-state index in [0.29, 0.717) is 12.3 Å². The molecule has 0 radical (unpaired) electrons. The van der Waals surface area contributed by atoms with Crippen LogP contribution in [0, 0.1) is 10.8 Å². The molecule has 1 heterocycles. The molecule has 0 aliphatic heterocycles. The maximum absolute atomic E-state index is 12.0. The van der Waals surface area contributed by atoms with Crippen LogP contribution >= 0.6 is 0 Å². The first-order chi connectivity index (χ1) is 8.59. The van der Waals surface area contributed by atoms with Crippen molar-refractivity contribution in [2.24, 2.45) is 10.8 Å². The summed E-state index contributed by atoms with van der Waals surface area (Å²) in [4.78, 5) is 16.2. The molecule has 1 rings (SSSR count). The fourth-order valence-electron chi connectivity index (χ4n) is 1.46. The third kappa shape index (κ3) is 5.41. The van der Waals surface area contributed by atoms with E-state index in [9.17, 15) is 4.79 Å². The summed E-state index contributed by atoms with van der Waals surface area (Å²) in [5, 5.41) is 0. The Morgan fingerprint density at radius 1 is 1.16 bits per heavy atom.